The van der Waals surface area contributed by atoms with Gasteiger partial charge in [0.05, 0.1) is 0 Å². The molecule has 0 heterocycles. The largest absolute Gasteiger partial charge is 0.351 e. The van der Waals surface area contributed by atoms with Gasteiger partial charge in [-0.2, -0.15) is 0 Å². The number of nitrogens with two attached hydrogens (primary N) is 1. The molecule has 1 atom stereocenters. The van der Waals surface area contributed by atoms with Crippen molar-refractivity contribution in [1.29, 1.82) is 0 Å². The highest BCUT2D eigenvalue weighted by Crippen LogP contribution is 2.34. The molecule has 1 aliphatic rings. The molecule has 1 aliphatic carbocycles. The van der Waals surface area contributed by atoms with Crippen molar-refractivity contribution in [2.45, 2.75) is 38.6 Å². The van der Waals surface area contributed by atoms with Crippen molar-refractivity contribution in [1.82, 2.24) is 5.32 Å². The third-order valence-corrected chi connectivity index (χ3v) is 2.47. The standard InChI is InChI=1S/C9H18N2O/c1-7(3-6-10)8(12)11-9(2)4-5-9/h7H,3-6,10H2,1-2H3,(H,11,12). The van der Waals surface area contributed by atoms with Crippen molar-refractivity contribution < 1.29 is 4.79 Å². The Labute approximate surface area is 73.7 Å². The first-order valence-electron chi connectivity index (χ1n) is 4.59. The summed E-state index contributed by atoms with van der Waals surface area (Å²) >= 11 is 0. The Morgan fingerprint density at radius 1 is 1.67 bits per heavy atom. The molecule has 3 heteroatoms. The van der Waals surface area contributed by atoms with Crippen LogP contribution in [0.2, 0.25) is 0 Å². The molecular formula is C9H18N2O. The van der Waals surface area contributed by atoms with Gasteiger partial charge in [0.25, 0.3) is 0 Å². The van der Waals surface area contributed by atoms with Crippen LogP contribution < -0.4 is 11.1 Å². The molecular weight excluding hydrogens is 152 g/mol. The van der Waals surface area contributed by atoms with E-state index in [0.717, 1.165) is 19.3 Å². The fourth-order valence-electron chi connectivity index (χ4n) is 1.11. The van der Waals surface area contributed by atoms with Gasteiger partial charge in [0.2, 0.25) is 5.91 Å². The van der Waals surface area contributed by atoms with E-state index in [-0.39, 0.29) is 17.4 Å². The van der Waals surface area contributed by atoms with Gasteiger partial charge in [-0.25, -0.2) is 0 Å². The van der Waals surface area contributed by atoms with Crippen molar-refractivity contribution in [2.24, 2.45) is 11.7 Å². The Hall–Kier alpha value is -0.570. The van der Waals surface area contributed by atoms with Gasteiger partial charge in [0.1, 0.15) is 0 Å². The predicted octanol–water partition coefficient (Wildman–Crippen LogP) is 0.640. The first-order chi connectivity index (χ1) is 5.57. The lowest BCUT2D eigenvalue weighted by Gasteiger charge is -2.15. The van der Waals surface area contributed by atoms with Crippen molar-refractivity contribution >= 4 is 5.91 Å². The second-order valence-corrected chi connectivity index (χ2v) is 4.03. The van der Waals surface area contributed by atoms with Gasteiger partial charge in [0.15, 0.2) is 0 Å². The molecule has 12 heavy (non-hydrogen) atoms. The van der Waals surface area contributed by atoms with Crippen molar-refractivity contribution in [3.63, 3.8) is 0 Å². The second-order valence-electron chi connectivity index (χ2n) is 4.03. The topological polar surface area (TPSA) is 55.1 Å². The summed E-state index contributed by atoms with van der Waals surface area (Å²) in [5.74, 6) is 0.216. The first-order valence-corrected chi connectivity index (χ1v) is 4.59. The fraction of sp³-hybridized carbons (Fsp3) is 0.889. The highest BCUT2D eigenvalue weighted by molar-refractivity contribution is 5.79. The third-order valence-electron chi connectivity index (χ3n) is 2.47. The summed E-state index contributed by atoms with van der Waals surface area (Å²) in [4.78, 5) is 11.4. The Balaban J connectivity index is 2.27. The van der Waals surface area contributed by atoms with E-state index in [1.165, 1.54) is 0 Å². The molecule has 0 aromatic heterocycles. The van der Waals surface area contributed by atoms with Crippen LogP contribution >= 0.6 is 0 Å². The van der Waals surface area contributed by atoms with E-state index in [0.29, 0.717) is 6.54 Å². The zero-order valence-corrected chi connectivity index (χ0v) is 7.89. The Morgan fingerprint density at radius 3 is 2.67 bits per heavy atom. The summed E-state index contributed by atoms with van der Waals surface area (Å²) in [5, 5.41) is 3.02. The van der Waals surface area contributed by atoms with Crippen LogP contribution in [0.5, 0.6) is 0 Å². The van der Waals surface area contributed by atoms with Gasteiger partial charge >= 0.3 is 0 Å². The van der Waals surface area contributed by atoms with Crippen LogP contribution in [0.4, 0.5) is 0 Å². The van der Waals surface area contributed by atoms with E-state index in [2.05, 4.69) is 12.2 Å². The monoisotopic (exact) mass is 170 g/mol. The minimum absolute atomic E-state index is 0.0624. The normalized spacial score (nSPS) is 21.6. The predicted molar refractivity (Wildman–Crippen MR) is 48.6 cm³/mol. The SMILES string of the molecule is CC(CCN)C(=O)NC1(C)CC1. The van der Waals surface area contributed by atoms with Crippen LogP contribution in [0.1, 0.15) is 33.1 Å². The molecule has 1 unspecified atom stereocenters. The van der Waals surface area contributed by atoms with Crippen LogP contribution in [0.15, 0.2) is 0 Å². The summed E-state index contributed by atoms with van der Waals surface area (Å²) in [7, 11) is 0. The van der Waals surface area contributed by atoms with E-state index in [1.807, 2.05) is 6.92 Å². The summed E-state index contributed by atoms with van der Waals surface area (Å²) < 4.78 is 0. The molecule has 1 rings (SSSR count). The molecule has 70 valence electrons. The van der Waals surface area contributed by atoms with Gasteiger partial charge < -0.3 is 11.1 Å². The highest BCUT2D eigenvalue weighted by Gasteiger charge is 2.39. The number of amides is 1. The van der Waals surface area contributed by atoms with Gasteiger partial charge in [-0.15, -0.1) is 0 Å². The summed E-state index contributed by atoms with van der Waals surface area (Å²) in [6.45, 7) is 4.60. The zero-order valence-electron chi connectivity index (χ0n) is 7.89. The molecule has 3 N–H and O–H groups in total. The number of carbonyl (C=O) groups is 1. The number of hydrogen-bond donors (Lipinski definition) is 2. The van der Waals surface area contributed by atoms with Gasteiger partial charge in [-0.1, -0.05) is 6.92 Å². The lowest BCUT2D eigenvalue weighted by molar-refractivity contribution is -0.125. The highest BCUT2D eigenvalue weighted by atomic mass is 16.2. The number of rotatable bonds is 4. The zero-order chi connectivity index (χ0) is 9.19. The maximum Gasteiger partial charge on any atom is 0.223 e. The van der Waals surface area contributed by atoms with Crippen molar-refractivity contribution in [3.8, 4) is 0 Å². The molecule has 0 aromatic rings. The smallest absolute Gasteiger partial charge is 0.223 e. The van der Waals surface area contributed by atoms with Gasteiger partial charge in [-0.3, -0.25) is 4.79 Å². The molecule has 0 aliphatic heterocycles. The van der Waals surface area contributed by atoms with Crippen LogP contribution in [-0.4, -0.2) is 18.0 Å². The Morgan fingerprint density at radius 2 is 2.25 bits per heavy atom. The lowest BCUT2D eigenvalue weighted by Crippen LogP contribution is -2.38. The molecule has 0 spiro atoms. The summed E-state index contributed by atoms with van der Waals surface area (Å²) in [5.41, 5.74) is 5.48. The van der Waals surface area contributed by atoms with E-state index in [4.69, 9.17) is 5.73 Å². The molecule has 0 bridgehead atoms. The molecule has 0 radical (unpaired) electrons. The summed E-state index contributed by atoms with van der Waals surface area (Å²) in [6, 6.07) is 0. The van der Waals surface area contributed by atoms with Gasteiger partial charge in [0, 0.05) is 11.5 Å². The minimum Gasteiger partial charge on any atom is -0.351 e. The Bertz CT molecular complexity index is 175. The average molecular weight is 170 g/mol. The molecule has 1 saturated carbocycles. The van der Waals surface area contributed by atoms with E-state index in [1.54, 1.807) is 0 Å². The Kier molecular flexibility index (Phi) is 2.73. The van der Waals surface area contributed by atoms with E-state index < -0.39 is 0 Å². The molecule has 1 amide bonds. The van der Waals surface area contributed by atoms with Crippen molar-refractivity contribution in [3.05, 3.63) is 0 Å². The van der Waals surface area contributed by atoms with Crippen LogP contribution in [0, 0.1) is 5.92 Å². The van der Waals surface area contributed by atoms with Crippen molar-refractivity contribution in [2.75, 3.05) is 6.54 Å². The lowest BCUT2D eigenvalue weighted by atomic mass is 10.1. The third kappa shape index (κ3) is 2.48. The molecule has 0 saturated heterocycles. The number of hydrogen-bond acceptors (Lipinski definition) is 2. The fourth-order valence-corrected chi connectivity index (χ4v) is 1.11. The number of nitrogens with one attached hydrogen (secondary N) is 1. The first kappa shape index (κ1) is 9.52. The minimum atomic E-state index is 0.0624. The maximum absolute atomic E-state index is 11.4. The molecule has 1 fully saturated rings. The van der Waals surface area contributed by atoms with E-state index in [9.17, 15) is 4.79 Å². The summed E-state index contributed by atoms with van der Waals surface area (Å²) in [6.07, 6.45) is 3.02. The molecule has 3 nitrogen and oxygen atoms in total. The maximum atomic E-state index is 11.4. The van der Waals surface area contributed by atoms with Crippen LogP contribution in [-0.2, 0) is 4.79 Å². The molecule has 0 aromatic carbocycles. The van der Waals surface area contributed by atoms with Gasteiger partial charge in [-0.05, 0) is 32.7 Å². The second kappa shape index (κ2) is 3.44. The van der Waals surface area contributed by atoms with Crippen LogP contribution in [0.3, 0.4) is 0 Å². The van der Waals surface area contributed by atoms with E-state index >= 15 is 0 Å². The number of carbonyl (C=O) groups excluding carboxylic acids is 1. The average Bonchev–Trinajstić information content (AvgIpc) is 2.68. The quantitative estimate of drug-likeness (QED) is 0.650. The van der Waals surface area contributed by atoms with Crippen LogP contribution in [0.25, 0.3) is 0 Å².